The lowest BCUT2D eigenvalue weighted by Crippen LogP contribution is -2.18. The Bertz CT molecular complexity index is 722. The van der Waals surface area contributed by atoms with E-state index in [-0.39, 0.29) is 4.90 Å². The molecule has 2 aromatic rings. The molecule has 5 heteroatoms. The zero-order chi connectivity index (χ0) is 15.5. The number of hydrogen-bond acceptors (Lipinski definition) is 3. The third-order valence-electron chi connectivity index (χ3n) is 3.39. The monoisotopic (exact) mass is 304 g/mol. The van der Waals surface area contributed by atoms with Crippen LogP contribution in [0.4, 0.5) is 5.69 Å². The lowest BCUT2D eigenvalue weighted by atomic mass is 10.1. The smallest absolute Gasteiger partial charge is 0.240 e. The van der Waals surface area contributed by atoms with Crippen LogP contribution in [0.25, 0.3) is 0 Å². The lowest BCUT2D eigenvalue weighted by Gasteiger charge is -2.12. The van der Waals surface area contributed by atoms with Gasteiger partial charge in [0.15, 0.2) is 0 Å². The molecule has 4 nitrogen and oxygen atoms in total. The molecule has 0 amide bonds. The molecular weight excluding hydrogens is 284 g/mol. The number of aryl methyl sites for hydroxylation is 2. The Balaban J connectivity index is 2.20. The second-order valence-electron chi connectivity index (χ2n) is 5.02. The summed E-state index contributed by atoms with van der Waals surface area (Å²) in [6.07, 6.45) is 0. The summed E-state index contributed by atoms with van der Waals surface area (Å²) in [6.45, 7) is 4.66. The maximum atomic E-state index is 11.8. The molecule has 0 saturated carbocycles. The number of hydrogen-bond donors (Lipinski definition) is 2. The van der Waals surface area contributed by atoms with Gasteiger partial charge in [-0.25, -0.2) is 13.1 Å². The fourth-order valence-electron chi connectivity index (χ4n) is 1.98. The molecule has 0 fully saturated rings. The molecule has 0 atom stereocenters. The Morgan fingerprint density at radius 2 is 1.67 bits per heavy atom. The van der Waals surface area contributed by atoms with E-state index in [1.54, 1.807) is 12.1 Å². The van der Waals surface area contributed by atoms with E-state index in [0.717, 1.165) is 16.8 Å². The molecule has 0 saturated heterocycles. The van der Waals surface area contributed by atoms with Crippen LogP contribution in [0.15, 0.2) is 47.4 Å². The van der Waals surface area contributed by atoms with Crippen LogP contribution in [0.3, 0.4) is 0 Å². The van der Waals surface area contributed by atoms with Crippen molar-refractivity contribution in [1.82, 2.24) is 4.72 Å². The summed E-state index contributed by atoms with van der Waals surface area (Å²) < 4.78 is 26.0. The van der Waals surface area contributed by atoms with Crippen molar-refractivity contribution in [3.63, 3.8) is 0 Å². The minimum Gasteiger partial charge on any atom is -0.381 e. The maximum absolute atomic E-state index is 11.8. The van der Waals surface area contributed by atoms with Crippen molar-refractivity contribution in [3.8, 4) is 0 Å². The SMILES string of the molecule is CNS(=O)(=O)c1ccc(C)c(NCc2ccc(C)cc2)c1. The van der Waals surface area contributed by atoms with E-state index in [1.165, 1.54) is 12.6 Å². The highest BCUT2D eigenvalue weighted by Crippen LogP contribution is 2.20. The maximum Gasteiger partial charge on any atom is 0.240 e. The molecule has 0 aliphatic carbocycles. The van der Waals surface area contributed by atoms with Gasteiger partial charge >= 0.3 is 0 Å². The molecule has 0 bridgehead atoms. The zero-order valence-electron chi connectivity index (χ0n) is 12.5. The average Bonchev–Trinajstić information content (AvgIpc) is 2.48. The lowest BCUT2D eigenvalue weighted by molar-refractivity contribution is 0.588. The van der Waals surface area contributed by atoms with Crippen LogP contribution in [-0.4, -0.2) is 15.5 Å². The highest BCUT2D eigenvalue weighted by atomic mass is 32.2. The quantitative estimate of drug-likeness (QED) is 0.893. The fourth-order valence-corrected chi connectivity index (χ4v) is 2.74. The number of rotatable bonds is 5. The minimum atomic E-state index is -3.42. The van der Waals surface area contributed by atoms with Gasteiger partial charge in [0, 0.05) is 12.2 Å². The van der Waals surface area contributed by atoms with Gasteiger partial charge in [0.05, 0.1) is 4.90 Å². The summed E-state index contributed by atoms with van der Waals surface area (Å²) >= 11 is 0. The van der Waals surface area contributed by atoms with E-state index >= 15 is 0 Å². The number of anilines is 1. The zero-order valence-corrected chi connectivity index (χ0v) is 13.3. The van der Waals surface area contributed by atoms with Gasteiger partial charge in [-0.1, -0.05) is 35.9 Å². The van der Waals surface area contributed by atoms with Gasteiger partial charge in [-0.15, -0.1) is 0 Å². The molecule has 0 spiro atoms. The summed E-state index contributed by atoms with van der Waals surface area (Å²) in [7, 11) is -2.00. The highest BCUT2D eigenvalue weighted by molar-refractivity contribution is 7.89. The Morgan fingerprint density at radius 3 is 2.29 bits per heavy atom. The molecular formula is C16H20N2O2S. The van der Waals surface area contributed by atoms with Crippen molar-refractivity contribution in [2.45, 2.75) is 25.3 Å². The standard InChI is InChI=1S/C16H20N2O2S/c1-12-4-7-14(8-5-12)11-18-16-10-15(9-6-13(16)2)21(19,20)17-3/h4-10,17-18H,11H2,1-3H3. The van der Waals surface area contributed by atoms with Crippen molar-refractivity contribution in [3.05, 3.63) is 59.2 Å². The predicted octanol–water partition coefficient (Wildman–Crippen LogP) is 2.82. The van der Waals surface area contributed by atoms with Crippen LogP contribution in [0.2, 0.25) is 0 Å². The molecule has 2 N–H and O–H groups in total. The van der Waals surface area contributed by atoms with Gasteiger partial charge in [0.1, 0.15) is 0 Å². The molecule has 0 aliphatic heterocycles. The first-order valence-corrected chi connectivity index (χ1v) is 8.24. The van der Waals surface area contributed by atoms with Crippen LogP contribution < -0.4 is 10.0 Å². The topological polar surface area (TPSA) is 58.2 Å². The Morgan fingerprint density at radius 1 is 1.00 bits per heavy atom. The normalized spacial score (nSPS) is 11.4. The van der Waals surface area contributed by atoms with Gasteiger partial charge in [-0.3, -0.25) is 0 Å². The van der Waals surface area contributed by atoms with E-state index in [2.05, 4.69) is 34.3 Å². The van der Waals surface area contributed by atoms with Crippen LogP contribution in [0, 0.1) is 13.8 Å². The molecule has 2 rings (SSSR count). The first-order valence-electron chi connectivity index (χ1n) is 6.76. The summed E-state index contributed by atoms with van der Waals surface area (Å²) in [6, 6.07) is 13.3. The van der Waals surface area contributed by atoms with Crippen LogP contribution in [0.1, 0.15) is 16.7 Å². The van der Waals surface area contributed by atoms with Crippen molar-refractivity contribution in [2.75, 3.05) is 12.4 Å². The van der Waals surface area contributed by atoms with Crippen LogP contribution >= 0.6 is 0 Å². The first kappa shape index (κ1) is 15.5. The van der Waals surface area contributed by atoms with Crippen molar-refractivity contribution in [2.24, 2.45) is 0 Å². The minimum absolute atomic E-state index is 0.266. The van der Waals surface area contributed by atoms with E-state index in [9.17, 15) is 8.42 Å². The van der Waals surface area contributed by atoms with Crippen LogP contribution in [-0.2, 0) is 16.6 Å². The second kappa shape index (κ2) is 6.28. The van der Waals surface area contributed by atoms with E-state index in [4.69, 9.17) is 0 Å². The van der Waals surface area contributed by atoms with E-state index < -0.39 is 10.0 Å². The summed E-state index contributed by atoms with van der Waals surface area (Å²) in [5.41, 5.74) is 4.21. The second-order valence-corrected chi connectivity index (χ2v) is 6.91. The fraction of sp³-hybridized carbons (Fsp3) is 0.250. The van der Waals surface area contributed by atoms with Crippen LogP contribution in [0.5, 0.6) is 0 Å². The average molecular weight is 304 g/mol. The summed E-state index contributed by atoms with van der Waals surface area (Å²) in [4.78, 5) is 0.266. The van der Waals surface area contributed by atoms with Crippen molar-refractivity contribution >= 4 is 15.7 Å². The highest BCUT2D eigenvalue weighted by Gasteiger charge is 2.12. The Labute approximate surface area is 126 Å². The van der Waals surface area contributed by atoms with Gasteiger partial charge in [0.25, 0.3) is 0 Å². The summed E-state index contributed by atoms with van der Waals surface area (Å²) in [5.74, 6) is 0. The Hall–Kier alpha value is -1.85. The number of benzene rings is 2. The van der Waals surface area contributed by atoms with Gasteiger partial charge in [-0.2, -0.15) is 0 Å². The molecule has 2 aromatic carbocycles. The Kier molecular flexibility index (Phi) is 4.65. The number of nitrogens with one attached hydrogen (secondary N) is 2. The molecule has 0 aromatic heterocycles. The molecule has 21 heavy (non-hydrogen) atoms. The molecule has 0 unspecified atom stereocenters. The van der Waals surface area contributed by atoms with Gasteiger partial charge in [-0.05, 0) is 44.2 Å². The van der Waals surface area contributed by atoms with E-state index in [0.29, 0.717) is 6.54 Å². The van der Waals surface area contributed by atoms with Crippen molar-refractivity contribution < 1.29 is 8.42 Å². The molecule has 0 aliphatic rings. The predicted molar refractivity (Wildman–Crippen MR) is 85.9 cm³/mol. The largest absolute Gasteiger partial charge is 0.381 e. The van der Waals surface area contributed by atoms with E-state index in [1.807, 2.05) is 19.9 Å². The first-order chi connectivity index (χ1) is 9.92. The molecule has 0 heterocycles. The van der Waals surface area contributed by atoms with Gasteiger partial charge < -0.3 is 5.32 Å². The number of sulfonamides is 1. The third kappa shape index (κ3) is 3.83. The van der Waals surface area contributed by atoms with Gasteiger partial charge in [0.2, 0.25) is 10.0 Å². The van der Waals surface area contributed by atoms with Crippen molar-refractivity contribution in [1.29, 1.82) is 0 Å². The molecule has 112 valence electrons. The third-order valence-corrected chi connectivity index (χ3v) is 4.80. The summed E-state index contributed by atoms with van der Waals surface area (Å²) in [5, 5.41) is 3.29. The molecule has 0 radical (unpaired) electrons.